The average molecular weight is 190 g/mol. The highest BCUT2D eigenvalue weighted by Gasteiger charge is 2.08. The first-order valence-electron chi connectivity index (χ1n) is 4.21. The maximum Gasteiger partial charge on any atom is 0.143 e. The van der Waals surface area contributed by atoms with Crippen molar-refractivity contribution in [1.29, 1.82) is 5.26 Å². The Labute approximate surface area is 79.5 Å². The largest absolute Gasteiger partial charge is 0.376 e. The summed E-state index contributed by atoms with van der Waals surface area (Å²) in [5, 5.41) is 7.85. The quantitative estimate of drug-likeness (QED) is 0.623. The van der Waals surface area contributed by atoms with Gasteiger partial charge in [0.1, 0.15) is 5.38 Å². The second-order valence-electron chi connectivity index (χ2n) is 3.37. The molecule has 0 aromatic carbocycles. The van der Waals surface area contributed by atoms with Gasteiger partial charge in [0.15, 0.2) is 0 Å². The van der Waals surface area contributed by atoms with E-state index in [1.165, 1.54) is 0 Å². The predicted octanol–water partition coefficient (Wildman–Crippen LogP) is 2.57. The van der Waals surface area contributed by atoms with Crippen LogP contribution in [0.15, 0.2) is 0 Å². The molecule has 0 aromatic heterocycles. The predicted molar refractivity (Wildman–Crippen MR) is 50.1 cm³/mol. The van der Waals surface area contributed by atoms with E-state index in [1.807, 2.05) is 13.0 Å². The molecule has 0 heterocycles. The van der Waals surface area contributed by atoms with Gasteiger partial charge in [-0.25, -0.2) is 0 Å². The van der Waals surface area contributed by atoms with Gasteiger partial charge in [0.2, 0.25) is 0 Å². The van der Waals surface area contributed by atoms with Crippen molar-refractivity contribution >= 4 is 11.6 Å². The molecule has 0 aliphatic heterocycles. The van der Waals surface area contributed by atoms with Crippen molar-refractivity contribution in [2.24, 2.45) is 5.92 Å². The highest BCUT2D eigenvalue weighted by Crippen LogP contribution is 2.08. The molecule has 0 aromatic rings. The zero-order valence-corrected chi connectivity index (χ0v) is 8.64. The molecule has 2 unspecified atom stereocenters. The highest BCUT2D eigenvalue weighted by atomic mass is 35.5. The van der Waals surface area contributed by atoms with E-state index in [-0.39, 0.29) is 6.10 Å². The molecule has 0 saturated carbocycles. The van der Waals surface area contributed by atoms with Gasteiger partial charge < -0.3 is 4.74 Å². The SMILES string of the molecule is CC(C)CC(C)OCC(Cl)C#N. The molecule has 0 spiro atoms. The lowest BCUT2D eigenvalue weighted by molar-refractivity contribution is 0.0571. The van der Waals surface area contributed by atoms with E-state index in [2.05, 4.69) is 13.8 Å². The molecule has 3 heteroatoms. The van der Waals surface area contributed by atoms with Crippen LogP contribution in [0, 0.1) is 17.2 Å². The number of hydrogen-bond acceptors (Lipinski definition) is 2. The number of ether oxygens (including phenoxy) is 1. The van der Waals surface area contributed by atoms with E-state index in [1.54, 1.807) is 0 Å². The summed E-state index contributed by atoms with van der Waals surface area (Å²) in [6.07, 6.45) is 1.20. The first-order valence-corrected chi connectivity index (χ1v) is 4.65. The van der Waals surface area contributed by atoms with E-state index in [9.17, 15) is 0 Å². The molecule has 0 N–H and O–H groups in total. The van der Waals surface area contributed by atoms with Crippen LogP contribution in [0.1, 0.15) is 27.2 Å². The van der Waals surface area contributed by atoms with Gasteiger partial charge in [0.25, 0.3) is 0 Å². The van der Waals surface area contributed by atoms with Gasteiger partial charge in [-0.1, -0.05) is 13.8 Å². The average Bonchev–Trinajstić information content (AvgIpc) is 1.99. The van der Waals surface area contributed by atoms with Crippen LogP contribution in [0.25, 0.3) is 0 Å². The standard InChI is InChI=1S/C9H16ClNO/c1-7(2)4-8(3)12-6-9(10)5-11/h7-9H,4,6H2,1-3H3. The first-order chi connectivity index (χ1) is 5.56. The molecule has 0 aliphatic carbocycles. The van der Waals surface area contributed by atoms with Gasteiger partial charge in [-0.3, -0.25) is 0 Å². The third-order valence-corrected chi connectivity index (χ3v) is 1.69. The van der Waals surface area contributed by atoms with Gasteiger partial charge >= 0.3 is 0 Å². The van der Waals surface area contributed by atoms with Gasteiger partial charge in [-0.15, -0.1) is 11.6 Å². The minimum atomic E-state index is -0.514. The highest BCUT2D eigenvalue weighted by molar-refractivity contribution is 6.22. The Bertz CT molecular complexity index is 153. The third kappa shape index (κ3) is 6.45. The van der Waals surface area contributed by atoms with E-state index in [0.717, 1.165) is 6.42 Å². The number of alkyl halides is 1. The number of rotatable bonds is 5. The molecule has 2 atom stereocenters. The molecular formula is C9H16ClNO. The van der Waals surface area contributed by atoms with Crippen LogP contribution < -0.4 is 0 Å². The van der Waals surface area contributed by atoms with Crippen molar-refractivity contribution in [3.05, 3.63) is 0 Å². The van der Waals surface area contributed by atoms with Crippen LogP contribution >= 0.6 is 11.6 Å². The Hall–Kier alpha value is -0.260. The molecule has 0 aliphatic rings. The van der Waals surface area contributed by atoms with E-state index < -0.39 is 5.38 Å². The number of hydrogen-bond donors (Lipinski definition) is 0. The number of halogens is 1. The Balaban J connectivity index is 3.45. The lowest BCUT2D eigenvalue weighted by Gasteiger charge is -2.14. The molecule has 0 fully saturated rings. The first kappa shape index (κ1) is 11.7. The van der Waals surface area contributed by atoms with Crippen molar-refractivity contribution in [3.63, 3.8) is 0 Å². The molecule has 2 nitrogen and oxygen atoms in total. The molecule has 0 rings (SSSR count). The summed E-state index contributed by atoms with van der Waals surface area (Å²) < 4.78 is 5.35. The van der Waals surface area contributed by atoms with Crippen LogP contribution in [-0.4, -0.2) is 18.1 Å². The number of nitriles is 1. The fourth-order valence-corrected chi connectivity index (χ4v) is 1.09. The van der Waals surface area contributed by atoms with Gasteiger partial charge in [-0.2, -0.15) is 5.26 Å². The Kier molecular flexibility index (Phi) is 6.14. The normalized spacial score (nSPS) is 15.7. The van der Waals surface area contributed by atoms with Crippen LogP contribution in [0.3, 0.4) is 0 Å². The molecule has 12 heavy (non-hydrogen) atoms. The monoisotopic (exact) mass is 189 g/mol. The summed E-state index contributed by atoms with van der Waals surface area (Å²) >= 11 is 5.56. The fraction of sp³-hybridized carbons (Fsp3) is 0.889. The Morgan fingerprint density at radius 2 is 2.00 bits per heavy atom. The van der Waals surface area contributed by atoms with E-state index in [4.69, 9.17) is 21.6 Å². The summed E-state index contributed by atoms with van der Waals surface area (Å²) in [6, 6.07) is 1.91. The topological polar surface area (TPSA) is 33.0 Å². The lowest BCUT2D eigenvalue weighted by Crippen LogP contribution is -2.16. The summed E-state index contributed by atoms with van der Waals surface area (Å²) in [6.45, 7) is 6.61. The minimum Gasteiger partial charge on any atom is -0.376 e. The maximum atomic E-state index is 8.37. The summed E-state index contributed by atoms with van der Waals surface area (Å²) in [7, 11) is 0. The van der Waals surface area contributed by atoms with Crippen molar-refractivity contribution < 1.29 is 4.74 Å². The Morgan fingerprint density at radius 3 is 2.42 bits per heavy atom. The third-order valence-electron chi connectivity index (χ3n) is 1.47. The van der Waals surface area contributed by atoms with Crippen LogP contribution in [-0.2, 0) is 4.74 Å². The van der Waals surface area contributed by atoms with Crippen molar-refractivity contribution in [2.75, 3.05) is 6.61 Å². The summed E-state index contributed by atoms with van der Waals surface area (Å²) in [4.78, 5) is 0. The summed E-state index contributed by atoms with van der Waals surface area (Å²) in [5.74, 6) is 0.621. The molecule has 0 saturated heterocycles. The van der Waals surface area contributed by atoms with Crippen molar-refractivity contribution in [2.45, 2.75) is 38.7 Å². The van der Waals surface area contributed by atoms with Gasteiger partial charge in [0, 0.05) is 0 Å². The maximum absolute atomic E-state index is 8.37. The second-order valence-corrected chi connectivity index (χ2v) is 3.90. The zero-order chi connectivity index (χ0) is 9.56. The van der Waals surface area contributed by atoms with E-state index >= 15 is 0 Å². The number of nitrogens with zero attached hydrogens (tertiary/aromatic N) is 1. The second kappa shape index (κ2) is 6.28. The lowest BCUT2D eigenvalue weighted by atomic mass is 10.1. The van der Waals surface area contributed by atoms with Gasteiger partial charge in [0.05, 0.1) is 18.8 Å². The molecule has 0 amide bonds. The van der Waals surface area contributed by atoms with Crippen molar-refractivity contribution in [1.82, 2.24) is 0 Å². The fourth-order valence-electron chi connectivity index (χ4n) is 1.02. The van der Waals surface area contributed by atoms with Crippen molar-refractivity contribution in [3.8, 4) is 6.07 Å². The molecule has 0 bridgehead atoms. The van der Waals surface area contributed by atoms with E-state index in [0.29, 0.717) is 12.5 Å². The minimum absolute atomic E-state index is 0.194. The van der Waals surface area contributed by atoms with Crippen LogP contribution in [0.4, 0.5) is 0 Å². The Morgan fingerprint density at radius 1 is 1.42 bits per heavy atom. The van der Waals surface area contributed by atoms with Gasteiger partial charge in [-0.05, 0) is 19.3 Å². The van der Waals surface area contributed by atoms with Crippen LogP contribution in [0.5, 0.6) is 0 Å². The summed E-state index contributed by atoms with van der Waals surface area (Å²) in [5.41, 5.74) is 0. The zero-order valence-electron chi connectivity index (χ0n) is 7.88. The molecule has 70 valence electrons. The van der Waals surface area contributed by atoms with Crippen LogP contribution in [0.2, 0.25) is 0 Å². The molecule has 0 radical (unpaired) electrons. The smallest absolute Gasteiger partial charge is 0.143 e. The molecular weight excluding hydrogens is 174 g/mol.